The van der Waals surface area contributed by atoms with Crippen molar-refractivity contribution in [3.05, 3.63) is 77.9 Å². The second kappa shape index (κ2) is 13.1. The summed E-state index contributed by atoms with van der Waals surface area (Å²) in [5.74, 6) is -1.75. The van der Waals surface area contributed by atoms with Gasteiger partial charge in [-0.1, -0.05) is 18.2 Å². The molecule has 3 aromatic rings. The van der Waals surface area contributed by atoms with Gasteiger partial charge in [0.05, 0.1) is 11.8 Å². The van der Waals surface area contributed by atoms with Crippen LogP contribution < -0.4 is 20.7 Å². The molecule has 1 spiro atoms. The van der Waals surface area contributed by atoms with Crippen LogP contribution in [0.1, 0.15) is 50.4 Å². The van der Waals surface area contributed by atoms with Crippen LogP contribution in [-0.2, 0) is 9.53 Å². The van der Waals surface area contributed by atoms with Crippen LogP contribution in [0.25, 0.3) is 5.57 Å². The highest BCUT2D eigenvalue weighted by Gasteiger charge is 2.61. The second-order valence-corrected chi connectivity index (χ2v) is 13.3. The first-order valence-electron chi connectivity index (χ1n) is 16.1. The zero-order chi connectivity index (χ0) is 35.1. The lowest BCUT2D eigenvalue weighted by Gasteiger charge is -2.45. The average Bonchev–Trinajstić information content (AvgIpc) is 3.65. The number of nitrogens with one attached hydrogen (secondary N) is 1. The van der Waals surface area contributed by atoms with E-state index >= 15 is 13.2 Å². The number of piperidine rings is 1. The number of ether oxygens (including phenoxy) is 2. The molecule has 0 amide bonds. The Balaban J connectivity index is 1.35. The van der Waals surface area contributed by atoms with E-state index < -0.39 is 53.7 Å². The van der Waals surface area contributed by atoms with Gasteiger partial charge >= 0.3 is 12.1 Å². The molecule has 2 unspecified atom stereocenters. The number of nitrogen functional groups attached to an aromatic ring is 1. The quantitative estimate of drug-likeness (QED) is 0.261. The van der Waals surface area contributed by atoms with Crippen LogP contribution in [0, 0.1) is 18.2 Å². The van der Waals surface area contributed by atoms with E-state index in [1.807, 2.05) is 4.90 Å². The summed E-state index contributed by atoms with van der Waals surface area (Å²) in [6.45, 7) is 6.53. The number of aromatic nitrogens is 4. The van der Waals surface area contributed by atoms with Gasteiger partial charge in [-0.05, 0) is 86.9 Å². The van der Waals surface area contributed by atoms with Crippen molar-refractivity contribution >= 4 is 23.3 Å². The van der Waals surface area contributed by atoms with Gasteiger partial charge in [0.25, 0.3) is 0 Å². The first-order chi connectivity index (χ1) is 23.2. The topological polar surface area (TPSA) is 141 Å². The van der Waals surface area contributed by atoms with Crippen molar-refractivity contribution in [2.75, 3.05) is 30.3 Å². The molecular formula is C34H39F4N7O4. The van der Waals surface area contributed by atoms with Crippen molar-refractivity contribution in [2.24, 2.45) is 5.41 Å². The number of anilines is 2. The third kappa shape index (κ3) is 7.13. The standard InChI is InChI=1S/C34H39F4N7O4/c1-20(2)49-33(9-7-23(22-5-4-6-24(35)15-22)16-26(33)45-12-8-21(3)43-45)30(34(36,37)38)48-28-17-27(41-31(39)42-28)44-13-10-32(11-14-44)18-25(29(46)47)40-19-32/h4-9,12,15-17,20,25-26,30,40H,10-11,13-14,18-19H2,1-3H3,(H,46,47)(H2,39,41,42)/t25-,26?,30+,33?/m0/s1. The van der Waals surface area contributed by atoms with Crippen molar-refractivity contribution in [1.29, 1.82) is 0 Å². The number of alkyl halides is 3. The van der Waals surface area contributed by atoms with Crippen molar-refractivity contribution in [2.45, 2.75) is 76.1 Å². The third-order valence-corrected chi connectivity index (χ3v) is 9.41. The van der Waals surface area contributed by atoms with E-state index in [1.54, 1.807) is 45.2 Å². The molecule has 11 nitrogen and oxygen atoms in total. The van der Waals surface area contributed by atoms with E-state index in [1.165, 1.54) is 41.1 Å². The maximum Gasteiger partial charge on any atom is 0.428 e. The molecule has 49 heavy (non-hydrogen) atoms. The first kappa shape index (κ1) is 34.4. The average molecular weight is 686 g/mol. The van der Waals surface area contributed by atoms with Gasteiger partial charge in [-0.3, -0.25) is 9.48 Å². The zero-order valence-corrected chi connectivity index (χ0v) is 27.3. The summed E-state index contributed by atoms with van der Waals surface area (Å²) in [4.78, 5) is 21.7. The van der Waals surface area contributed by atoms with Gasteiger partial charge in [0, 0.05) is 31.9 Å². The Kier molecular flexibility index (Phi) is 9.17. The molecule has 3 aliphatic rings. The Bertz CT molecular complexity index is 1750. The number of carboxylic acids is 1. The van der Waals surface area contributed by atoms with Gasteiger partial charge in [0.15, 0.2) is 5.60 Å². The molecule has 0 saturated carbocycles. The minimum atomic E-state index is -4.99. The number of carboxylic acid groups (broad SMARTS) is 1. The van der Waals surface area contributed by atoms with Crippen LogP contribution in [0.2, 0.25) is 0 Å². The van der Waals surface area contributed by atoms with E-state index in [0.29, 0.717) is 61.5 Å². The number of aliphatic carboxylic acids is 1. The number of aryl methyl sites for hydroxylation is 1. The largest absolute Gasteiger partial charge is 0.480 e. The molecule has 2 saturated heterocycles. The van der Waals surface area contributed by atoms with E-state index in [-0.39, 0.29) is 11.4 Å². The summed E-state index contributed by atoms with van der Waals surface area (Å²) in [6.07, 6.45) is -0.549. The SMILES string of the molecule is Cc1ccn(C2C=C(c3cccc(F)c3)C=CC2(OC(C)C)[C@@H](Oc2cc(N3CCC4(CC3)CN[C@H](C(=O)O)C4)nc(N)n2)C(F)(F)F)n1. The molecule has 2 aliphatic heterocycles. The summed E-state index contributed by atoms with van der Waals surface area (Å²) >= 11 is 0. The summed E-state index contributed by atoms with van der Waals surface area (Å²) in [6, 6.07) is 6.98. The lowest BCUT2D eigenvalue weighted by Crippen LogP contribution is -2.60. The maximum atomic E-state index is 15.4. The maximum absolute atomic E-state index is 15.4. The van der Waals surface area contributed by atoms with Crippen LogP contribution in [0.5, 0.6) is 5.88 Å². The molecule has 1 aromatic carbocycles. The predicted octanol–water partition coefficient (Wildman–Crippen LogP) is 5.10. The Morgan fingerprint density at radius 3 is 2.53 bits per heavy atom. The molecule has 0 bridgehead atoms. The fourth-order valence-electron chi connectivity index (χ4n) is 7.10. The summed E-state index contributed by atoms with van der Waals surface area (Å²) < 4.78 is 73.8. The van der Waals surface area contributed by atoms with Crippen LogP contribution in [0.4, 0.5) is 29.3 Å². The van der Waals surface area contributed by atoms with E-state index in [4.69, 9.17) is 15.2 Å². The van der Waals surface area contributed by atoms with Crippen molar-refractivity contribution < 1.29 is 36.9 Å². The number of halogens is 4. The fourth-order valence-corrected chi connectivity index (χ4v) is 7.10. The lowest BCUT2D eigenvalue weighted by molar-refractivity contribution is -0.260. The highest BCUT2D eigenvalue weighted by atomic mass is 19.4. The van der Waals surface area contributed by atoms with Crippen LogP contribution >= 0.6 is 0 Å². The molecule has 4 atom stereocenters. The minimum Gasteiger partial charge on any atom is -0.480 e. The molecule has 262 valence electrons. The highest BCUT2D eigenvalue weighted by Crippen LogP contribution is 2.47. The molecule has 15 heteroatoms. The fraction of sp³-hybridized carbons (Fsp3) is 0.471. The monoisotopic (exact) mass is 685 g/mol. The number of carbonyl (C=O) groups is 1. The molecule has 2 fully saturated rings. The van der Waals surface area contributed by atoms with Gasteiger partial charge in [-0.2, -0.15) is 28.2 Å². The molecule has 6 rings (SSSR count). The molecule has 1 aliphatic carbocycles. The van der Waals surface area contributed by atoms with Gasteiger partial charge in [0.1, 0.15) is 23.7 Å². The second-order valence-electron chi connectivity index (χ2n) is 13.3. The smallest absolute Gasteiger partial charge is 0.428 e. The van der Waals surface area contributed by atoms with Gasteiger partial charge < -0.3 is 30.5 Å². The number of hydrogen-bond acceptors (Lipinski definition) is 9. The van der Waals surface area contributed by atoms with Gasteiger partial charge in [0.2, 0.25) is 17.9 Å². The molecule has 4 heterocycles. The van der Waals surface area contributed by atoms with Crippen molar-refractivity contribution in [1.82, 2.24) is 25.1 Å². The van der Waals surface area contributed by atoms with Crippen LogP contribution in [0.3, 0.4) is 0 Å². The molecular weight excluding hydrogens is 646 g/mol. The van der Waals surface area contributed by atoms with Crippen molar-refractivity contribution in [3.63, 3.8) is 0 Å². The summed E-state index contributed by atoms with van der Waals surface area (Å²) in [7, 11) is 0. The number of allylic oxidation sites excluding steroid dienone is 2. The Morgan fingerprint density at radius 2 is 1.92 bits per heavy atom. The van der Waals surface area contributed by atoms with E-state index in [0.717, 1.165) is 0 Å². The van der Waals surface area contributed by atoms with Gasteiger partial charge in [-0.15, -0.1) is 0 Å². The zero-order valence-electron chi connectivity index (χ0n) is 27.3. The van der Waals surface area contributed by atoms with Gasteiger partial charge in [-0.25, -0.2) is 4.39 Å². The number of hydrogen-bond donors (Lipinski definition) is 3. The minimum absolute atomic E-state index is 0.190. The summed E-state index contributed by atoms with van der Waals surface area (Å²) in [5.41, 5.74) is 5.17. The van der Waals surface area contributed by atoms with E-state index in [2.05, 4.69) is 20.4 Å². The summed E-state index contributed by atoms with van der Waals surface area (Å²) in [5, 5.41) is 17.0. The van der Waals surface area contributed by atoms with Crippen LogP contribution in [-0.4, -0.2) is 80.5 Å². The predicted molar refractivity (Wildman–Crippen MR) is 173 cm³/mol. The molecule has 4 N–H and O–H groups in total. The number of rotatable bonds is 9. The van der Waals surface area contributed by atoms with Crippen LogP contribution in [0.15, 0.2) is 60.8 Å². The number of nitrogens with zero attached hydrogens (tertiary/aromatic N) is 5. The highest BCUT2D eigenvalue weighted by molar-refractivity contribution is 5.76. The normalized spacial score (nSPS) is 24.3. The number of benzene rings is 1. The first-order valence-corrected chi connectivity index (χ1v) is 16.1. The number of nitrogens with two attached hydrogens (primary N) is 1. The molecule has 2 aromatic heterocycles. The Labute approximate surface area is 280 Å². The lowest BCUT2D eigenvalue weighted by atomic mass is 9.76. The Morgan fingerprint density at radius 1 is 1.16 bits per heavy atom. The third-order valence-electron chi connectivity index (χ3n) is 9.41. The molecule has 0 radical (unpaired) electrons. The Hall–Kier alpha value is -4.50. The van der Waals surface area contributed by atoms with Crippen molar-refractivity contribution in [3.8, 4) is 5.88 Å². The van der Waals surface area contributed by atoms with E-state index in [9.17, 15) is 14.3 Å².